The molecule has 2 aromatic carbocycles. The lowest BCUT2D eigenvalue weighted by Crippen LogP contribution is -2.30. The summed E-state index contributed by atoms with van der Waals surface area (Å²) in [5.74, 6) is -0.490. The average molecular weight is 321 g/mol. The molecule has 0 spiro atoms. The molecule has 0 aliphatic heterocycles. The number of hydrogen-bond acceptors (Lipinski definition) is 3. The summed E-state index contributed by atoms with van der Waals surface area (Å²) in [4.78, 5) is 23.5. The molecule has 0 saturated carbocycles. The summed E-state index contributed by atoms with van der Waals surface area (Å²) in [5.41, 5.74) is 7.41. The predicted octanol–water partition coefficient (Wildman–Crippen LogP) is 2.67. The van der Waals surface area contributed by atoms with E-state index in [-0.39, 0.29) is 18.0 Å². The van der Waals surface area contributed by atoms with Crippen LogP contribution in [0.2, 0.25) is 0 Å². The normalized spacial score (nSPS) is 11.1. The molecule has 0 radical (unpaired) electrons. The van der Waals surface area contributed by atoms with Crippen molar-refractivity contribution in [2.45, 2.75) is 26.3 Å². The van der Waals surface area contributed by atoms with E-state index in [1.165, 1.54) is 0 Å². The molecule has 122 valence electrons. The van der Waals surface area contributed by atoms with Crippen molar-refractivity contribution in [1.82, 2.24) is 9.78 Å². The van der Waals surface area contributed by atoms with Crippen molar-refractivity contribution in [3.8, 4) is 11.1 Å². The second kappa shape index (κ2) is 6.28. The van der Waals surface area contributed by atoms with E-state index in [1.54, 1.807) is 6.07 Å². The lowest BCUT2D eigenvalue weighted by atomic mass is 9.94. The molecule has 3 aromatic rings. The number of fused-ring (bicyclic) bond motifs is 1. The molecule has 2 N–H and O–H groups in total. The number of amides is 1. The van der Waals surface area contributed by atoms with Gasteiger partial charge in [0.2, 0.25) is 5.91 Å². The highest BCUT2D eigenvalue weighted by atomic mass is 16.2. The Balaban J connectivity index is 2.28. The zero-order chi connectivity index (χ0) is 17.3. The van der Waals surface area contributed by atoms with Gasteiger partial charge >= 0.3 is 0 Å². The Labute approximate surface area is 139 Å². The molecule has 1 heterocycles. The molecule has 0 atom stereocenters. The summed E-state index contributed by atoms with van der Waals surface area (Å²) in [6, 6.07) is 15.6. The van der Waals surface area contributed by atoms with Crippen LogP contribution in [0.1, 0.15) is 25.5 Å². The van der Waals surface area contributed by atoms with E-state index >= 15 is 0 Å². The molecule has 24 heavy (non-hydrogen) atoms. The van der Waals surface area contributed by atoms with Gasteiger partial charge in [-0.05, 0) is 22.3 Å². The molecular formula is C19H19N3O2. The smallest absolute Gasteiger partial charge is 0.267 e. The van der Waals surface area contributed by atoms with Gasteiger partial charge in [-0.2, -0.15) is 5.10 Å². The summed E-state index contributed by atoms with van der Waals surface area (Å²) in [6.07, 6.45) is 0. The van der Waals surface area contributed by atoms with Crippen molar-refractivity contribution < 1.29 is 4.79 Å². The summed E-state index contributed by atoms with van der Waals surface area (Å²) in [6.45, 7) is 3.81. The number of primary amides is 1. The van der Waals surface area contributed by atoms with Gasteiger partial charge in [-0.1, -0.05) is 56.3 Å². The van der Waals surface area contributed by atoms with Crippen LogP contribution in [0.15, 0.2) is 53.3 Å². The van der Waals surface area contributed by atoms with Crippen LogP contribution in [-0.2, 0) is 11.3 Å². The lowest BCUT2D eigenvalue weighted by Gasteiger charge is -2.15. The van der Waals surface area contributed by atoms with Crippen LogP contribution in [0, 0.1) is 0 Å². The Morgan fingerprint density at radius 3 is 2.54 bits per heavy atom. The third kappa shape index (κ3) is 2.93. The Bertz CT molecular complexity index is 969. The standard InChI is InChI=1S/C19H19N3O2/c1-12(2)19-16(10-18(24)22(21-19)11-17(20)23)15-9-5-7-13-6-3-4-8-14(13)15/h3-10,12H,11H2,1-2H3,(H2,20,23). The molecule has 3 rings (SSSR count). The van der Waals surface area contributed by atoms with Gasteiger partial charge in [0.25, 0.3) is 5.56 Å². The first-order valence-electron chi connectivity index (χ1n) is 7.86. The number of nitrogens with zero attached hydrogens (tertiary/aromatic N) is 2. The number of hydrogen-bond donors (Lipinski definition) is 1. The summed E-state index contributed by atoms with van der Waals surface area (Å²) >= 11 is 0. The number of benzene rings is 2. The van der Waals surface area contributed by atoms with Crippen LogP contribution in [0.4, 0.5) is 0 Å². The highest BCUT2D eigenvalue weighted by Crippen LogP contribution is 2.32. The Morgan fingerprint density at radius 2 is 1.83 bits per heavy atom. The fraction of sp³-hybridized carbons (Fsp3) is 0.211. The van der Waals surface area contributed by atoms with E-state index in [4.69, 9.17) is 5.73 Å². The van der Waals surface area contributed by atoms with Crippen LogP contribution in [-0.4, -0.2) is 15.7 Å². The second-order valence-electron chi connectivity index (χ2n) is 6.09. The van der Waals surface area contributed by atoms with Crippen molar-refractivity contribution in [3.63, 3.8) is 0 Å². The number of nitrogens with two attached hydrogens (primary N) is 1. The molecule has 5 nitrogen and oxygen atoms in total. The van der Waals surface area contributed by atoms with Gasteiger partial charge in [0.05, 0.1) is 5.69 Å². The van der Waals surface area contributed by atoms with Crippen LogP contribution in [0.3, 0.4) is 0 Å². The molecule has 5 heteroatoms. The minimum atomic E-state index is -0.586. The van der Waals surface area contributed by atoms with Gasteiger partial charge in [0, 0.05) is 11.6 Å². The number of rotatable bonds is 4. The molecular weight excluding hydrogens is 302 g/mol. The van der Waals surface area contributed by atoms with E-state index in [9.17, 15) is 9.59 Å². The Hall–Kier alpha value is -2.95. The minimum Gasteiger partial charge on any atom is -0.368 e. The van der Waals surface area contributed by atoms with E-state index < -0.39 is 5.91 Å². The van der Waals surface area contributed by atoms with Crippen LogP contribution in [0.25, 0.3) is 21.9 Å². The zero-order valence-corrected chi connectivity index (χ0v) is 13.7. The second-order valence-corrected chi connectivity index (χ2v) is 6.09. The average Bonchev–Trinajstić information content (AvgIpc) is 2.55. The lowest BCUT2D eigenvalue weighted by molar-refractivity contribution is -0.118. The Morgan fingerprint density at radius 1 is 1.12 bits per heavy atom. The largest absolute Gasteiger partial charge is 0.368 e. The van der Waals surface area contributed by atoms with Gasteiger partial charge in [-0.25, -0.2) is 4.68 Å². The molecule has 0 aliphatic rings. The third-order valence-corrected chi connectivity index (χ3v) is 3.96. The molecule has 0 unspecified atom stereocenters. The fourth-order valence-electron chi connectivity index (χ4n) is 2.87. The van der Waals surface area contributed by atoms with E-state index in [0.29, 0.717) is 0 Å². The van der Waals surface area contributed by atoms with Gasteiger partial charge in [0.1, 0.15) is 6.54 Å². The van der Waals surface area contributed by atoms with E-state index in [2.05, 4.69) is 5.10 Å². The maximum atomic E-state index is 12.4. The van der Waals surface area contributed by atoms with E-state index in [1.807, 2.05) is 56.3 Å². The van der Waals surface area contributed by atoms with Gasteiger partial charge in [-0.3, -0.25) is 9.59 Å². The van der Waals surface area contributed by atoms with Crippen molar-refractivity contribution in [3.05, 3.63) is 64.6 Å². The first-order valence-corrected chi connectivity index (χ1v) is 7.86. The maximum absolute atomic E-state index is 12.4. The summed E-state index contributed by atoms with van der Waals surface area (Å²) in [5, 5.41) is 6.57. The monoisotopic (exact) mass is 321 g/mol. The highest BCUT2D eigenvalue weighted by Gasteiger charge is 2.16. The van der Waals surface area contributed by atoms with Crippen molar-refractivity contribution in [1.29, 1.82) is 0 Å². The first kappa shape index (κ1) is 15.9. The number of carbonyl (C=O) groups excluding carboxylic acids is 1. The summed E-state index contributed by atoms with van der Waals surface area (Å²) in [7, 11) is 0. The minimum absolute atomic E-state index is 0.0960. The van der Waals surface area contributed by atoms with E-state index in [0.717, 1.165) is 32.3 Å². The van der Waals surface area contributed by atoms with Crippen molar-refractivity contribution in [2.24, 2.45) is 5.73 Å². The molecule has 0 aliphatic carbocycles. The molecule has 0 fully saturated rings. The summed E-state index contributed by atoms with van der Waals surface area (Å²) < 4.78 is 1.13. The molecule has 0 bridgehead atoms. The van der Waals surface area contributed by atoms with Crippen LogP contribution < -0.4 is 11.3 Å². The SMILES string of the molecule is CC(C)c1nn(CC(N)=O)c(=O)cc1-c1cccc2ccccc12. The maximum Gasteiger partial charge on any atom is 0.267 e. The topological polar surface area (TPSA) is 78.0 Å². The van der Waals surface area contributed by atoms with Crippen molar-refractivity contribution >= 4 is 16.7 Å². The quantitative estimate of drug-likeness (QED) is 0.802. The molecule has 1 aromatic heterocycles. The molecule has 1 amide bonds. The van der Waals surface area contributed by atoms with Crippen LogP contribution >= 0.6 is 0 Å². The third-order valence-electron chi connectivity index (χ3n) is 3.96. The highest BCUT2D eigenvalue weighted by molar-refractivity contribution is 5.97. The van der Waals surface area contributed by atoms with Gasteiger partial charge in [-0.15, -0.1) is 0 Å². The van der Waals surface area contributed by atoms with Crippen LogP contribution in [0.5, 0.6) is 0 Å². The number of carbonyl (C=O) groups is 1. The van der Waals surface area contributed by atoms with Crippen molar-refractivity contribution in [2.75, 3.05) is 0 Å². The van der Waals surface area contributed by atoms with Gasteiger partial charge < -0.3 is 5.73 Å². The van der Waals surface area contributed by atoms with Gasteiger partial charge in [0.15, 0.2) is 0 Å². The first-order chi connectivity index (χ1) is 11.5. The fourth-order valence-corrected chi connectivity index (χ4v) is 2.87. The predicted molar refractivity (Wildman–Crippen MR) is 94.7 cm³/mol. The number of aromatic nitrogens is 2. The zero-order valence-electron chi connectivity index (χ0n) is 13.7. The molecule has 0 saturated heterocycles. The Kier molecular flexibility index (Phi) is 4.16.